The van der Waals surface area contributed by atoms with Gasteiger partial charge in [0.15, 0.2) is 5.65 Å². The van der Waals surface area contributed by atoms with Crippen molar-refractivity contribution < 1.29 is 4.79 Å². The van der Waals surface area contributed by atoms with Crippen LogP contribution in [0, 0.1) is 25.2 Å². The number of nitrogens with one attached hydrogen (secondary N) is 1. The number of rotatable bonds is 7. The predicted molar refractivity (Wildman–Crippen MR) is 110 cm³/mol. The Labute approximate surface area is 169 Å². The van der Waals surface area contributed by atoms with Gasteiger partial charge < -0.3 is 5.32 Å². The molecule has 1 atom stereocenters. The third-order valence-corrected chi connectivity index (χ3v) is 5.51. The summed E-state index contributed by atoms with van der Waals surface area (Å²) in [6.07, 6.45) is 1.33. The van der Waals surface area contributed by atoms with Crippen molar-refractivity contribution in [2.45, 2.75) is 43.8 Å². The van der Waals surface area contributed by atoms with E-state index in [0.29, 0.717) is 30.6 Å². The summed E-state index contributed by atoms with van der Waals surface area (Å²) >= 11 is 1.54. The largest absolute Gasteiger partial charge is 0.355 e. The molecule has 6 nitrogen and oxygen atoms in total. The van der Waals surface area contributed by atoms with Crippen LogP contribution in [-0.2, 0) is 11.2 Å². The van der Waals surface area contributed by atoms with Crippen LogP contribution in [-0.4, -0.2) is 32.3 Å². The lowest BCUT2D eigenvalue weighted by Gasteiger charge is -2.11. The molecular formula is C21H23N5OS. The molecule has 3 aromatic rings. The second kappa shape index (κ2) is 8.89. The van der Waals surface area contributed by atoms with Crippen LogP contribution < -0.4 is 5.32 Å². The second-order valence-corrected chi connectivity index (χ2v) is 8.09. The van der Waals surface area contributed by atoms with Gasteiger partial charge in [-0.3, -0.25) is 4.79 Å². The molecule has 7 heteroatoms. The molecule has 0 aliphatic carbocycles. The summed E-state index contributed by atoms with van der Waals surface area (Å²) in [5.41, 5.74) is 3.66. The number of nitrogens with zero attached hydrogens (tertiary/aromatic N) is 4. The van der Waals surface area contributed by atoms with E-state index in [0.717, 1.165) is 22.0 Å². The highest BCUT2D eigenvalue weighted by molar-refractivity contribution is 8.00. The Morgan fingerprint density at radius 2 is 2.07 bits per heavy atom. The summed E-state index contributed by atoms with van der Waals surface area (Å²) in [6, 6.07) is 14.1. The number of carbonyl (C=O) groups excluding carboxylic acids is 1. The molecule has 0 saturated heterocycles. The molecule has 1 aromatic carbocycles. The number of benzene rings is 1. The van der Waals surface area contributed by atoms with Crippen LogP contribution >= 0.6 is 11.8 Å². The Bertz CT molecular complexity index is 1020. The van der Waals surface area contributed by atoms with Crippen LogP contribution in [0.1, 0.15) is 36.0 Å². The molecule has 0 saturated carbocycles. The molecule has 0 fully saturated rings. The number of aryl methyl sites for hydroxylation is 3. The number of fused-ring (bicyclic) bond motifs is 1. The van der Waals surface area contributed by atoms with E-state index < -0.39 is 0 Å². The maximum absolute atomic E-state index is 12.3. The lowest BCUT2D eigenvalue weighted by Crippen LogP contribution is -2.31. The van der Waals surface area contributed by atoms with Crippen LogP contribution in [0.3, 0.4) is 0 Å². The zero-order valence-corrected chi connectivity index (χ0v) is 17.1. The molecule has 0 spiro atoms. The van der Waals surface area contributed by atoms with Gasteiger partial charge in [-0.05, 0) is 51.8 Å². The highest BCUT2D eigenvalue weighted by Crippen LogP contribution is 2.22. The van der Waals surface area contributed by atoms with Crippen LogP contribution in [0.4, 0.5) is 0 Å². The van der Waals surface area contributed by atoms with Crippen molar-refractivity contribution >= 4 is 23.3 Å². The van der Waals surface area contributed by atoms with Gasteiger partial charge in [-0.15, -0.1) is 11.8 Å². The van der Waals surface area contributed by atoms with Crippen LogP contribution in [0.2, 0.25) is 0 Å². The first-order valence-corrected chi connectivity index (χ1v) is 10.1. The number of amides is 1. The van der Waals surface area contributed by atoms with E-state index in [1.165, 1.54) is 11.8 Å². The quantitative estimate of drug-likeness (QED) is 0.491. The maximum Gasteiger partial charge on any atom is 0.233 e. The smallest absolute Gasteiger partial charge is 0.233 e. The van der Waals surface area contributed by atoms with Crippen LogP contribution in [0.15, 0.2) is 41.3 Å². The lowest BCUT2D eigenvalue weighted by atomic mass is 10.1. The fraction of sp³-hybridized carbons (Fsp3) is 0.333. The lowest BCUT2D eigenvalue weighted by molar-refractivity contribution is -0.120. The van der Waals surface area contributed by atoms with Gasteiger partial charge in [0.25, 0.3) is 0 Å². The Hall–Kier alpha value is -2.85. The predicted octanol–water partition coefficient (Wildman–Crippen LogP) is 3.45. The number of aromatic nitrogens is 3. The number of thioether (sulfide) groups is 1. The highest BCUT2D eigenvalue weighted by atomic mass is 32.2. The normalized spacial score (nSPS) is 11.9. The Kier molecular flexibility index (Phi) is 6.32. The van der Waals surface area contributed by atoms with Crippen LogP contribution in [0.25, 0.3) is 5.65 Å². The van der Waals surface area contributed by atoms with Crippen LogP contribution in [0.5, 0.6) is 0 Å². The van der Waals surface area contributed by atoms with Crippen molar-refractivity contribution in [1.82, 2.24) is 19.9 Å². The Balaban J connectivity index is 1.56. The summed E-state index contributed by atoms with van der Waals surface area (Å²) in [6.45, 7) is 6.30. The Morgan fingerprint density at radius 1 is 1.32 bits per heavy atom. The molecule has 0 aliphatic rings. The molecule has 144 valence electrons. The standard InChI is InChI=1S/C21H23N5OS/c1-14-12-15(2)26-20(24-14)18(13-22)19(25-26)10-7-11-23-21(27)16(3)28-17-8-5-4-6-9-17/h4-6,8-9,12,16H,7,10-11H2,1-3H3,(H,23,27). The van der Waals surface area contributed by atoms with E-state index in [9.17, 15) is 10.1 Å². The zero-order chi connectivity index (χ0) is 20.1. The minimum absolute atomic E-state index is 0.0116. The number of nitriles is 1. The molecule has 1 amide bonds. The molecule has 1 N–H and O–H groups in total. The molecule has 0 bridgehead atoms. The summed E-state index contributed by atoms with van der Waals surface area (Å²) in [5, 5.41) is 16.9. The second-order valence-electron chi connectivity index (χ2n) is 6.68. The summed E-state index contributed by atoms with van der Waals surface area (Å²) in [7, 11) is 0. The topological polar surface area (TPSA) is 83.1 Å². The minimum Gasteiger partial charge on any atom is -0.355 e. The zero-order valence-electron chi connectivity index (χ0n) is 16.3. The molecule has 0 aliphatic heterocycles. The first-order chi connectivity index (χ1) is 13.5. The summed E-state index contributed by atoms with van der Waals surface area (Å²) < 4.78 is 1.72. The molecular weight excluding hydrogens is 370 g/mol. The van der Waals surface area contributed by atoms with Crippen molar-refractivity contribution in [3.05, 3.63) is 59.0 Å². The van der Waals surface area contributed by atoms with E-state index >= 15 is 0 Å². The number of carbonyl (C=O) groups is 1. The van der Waals surface area contributed by atoms with E-state index in [4.69, 9.17) is 0 Å². The molecule has 1 unspecified atom stereocenters. The highest BCUT2D eigenvalue weighted by Gasteiger charge is 2.16. The average Bonchev–Trinajstić information content (AvgIpc) is 3.03. The van der Waals surface area contributed by atoms with Crippen molar-refractivity contribution in [2.24, 2.45) is 0 Å². The van der Waals surface area contributed by atoms with E-state index in [1.54, 1.807) is 4.52 Å². The van der Waals surface area contributed by atoms with Gasteiger partial charge in [-0.2, -0.15) is 10.4 Å². The summed E-state index contributed by atoms with van der Waals surface area (Å²) in [4.78, 5) is 17.8. The third kappa shape index (κ3) is 4.52. The molecule has 2 aromatic heterocycles. The monoisotopic (exact) mass is 393 g/mol. The average molecular weight is 394 g/mol. The van der Waals surface area contributed by atoms with E-state index in [-0.39, 0.29) is 11.2 Å². The van der Waals surface area contributed by atoms with Gasteiger partial charge >= 0.3 is 0 Å². The van der Waals surface area contributed by atoms with E-state index in [2.05, 4.69) is 21.5 Å². The van der Waals surface area contributed by atoms with Crippen molar-refractivity contribution in [3.8, 4) is 6.07 Å². The molecule has 28 heavy (non-hydrogen) atoms. The van der Waals surface area contributed by atoms with E-state index in [1.807, 2.05) is 57.2 Å². The van der Waals surface area contributed by atoms with Crippen molar-refractivity contribution in [3.63, 3.8) is 0 Å². The molecule has 0 radical (unpaired) electrons. The fourth-order valence-electron chi connectivity index (χ4n) is 3.02. The van der Waals surface area contributed by atoms with Crippen molar-refractivity contribution in [1.29, 1.82) is 5.26 Å². The molecule has 2 heterocycles. The number of hydrogen-bond acceptors (Lipinski definition) is 5. The minimum atomic E-state index is -0.165. The SMILES string of the molecule is Cc1cc(C)n2nc(CCCNC(=O)C(C)Sc3ccccc3)c(C#N)c2n1. The first-order valence-electron chi connectivity index (χ1n) is 9.25. The van der Waals surface area contributed by atoms with Gasteiger partial charge in [0.05, 0.1) is 10.9 Å². The Morgan fingerprint density at radius 3 is 2.79 bits per heavy atom. The third-order valence-electron chi connectivity index (χ3n) is 4.39. The first kappa shape index (κ1) is 19.9. The fourth-order valence-corrected chi connectivity index (χ4v) is 3.94. The van der Waals surface area contributed by atoms with Gasteiger partial charge in [0.1, 0.15) is 11.6 Å². The van der Waals surface area contributed by atoms with Gasteiger partial charge in [-0.25, -0.2) is 9.50 Å². The number of hydrogen-bond donors (Lipinski definition) is 1. The summed E-state index contributed by atoms with van der Waals surface area (Å²) in [5.74, 6) is 0.0116. The van der Waals surface area contributed by atoms with Gasteiger partial charge in [0.2, 0.25) is 5.91 Å². The maximum atomic E-state index is 12.3. The van der Waals surface area contributed by atoms with Gasteiger partial charge in [0, 0.05) is 22.8 Å². The van der Waals surface area contributed by atoms with Crippen molar-refractivity contribution in [2.75, 3.05) is 6.54 Å². The molecule has 3 rings (SSSR count). The van der Waals surface area contributed by atoms with Gasteiger partial charge in [-0.1, -0.05) is 18.2 Å².